The third kappa shape index (κ3) is 4.63. The SMILES string of the molecule is CCOc1cc(C=NN2C(=O)[C@@H]3[C@H](C2=O)[C@H]2C=C[C@H]3C2)cc(I)c1OCC(=O)Nc1ccc(C)cc1. The lowest BCUT2D eigenvalue weighted by atomic mass is 9.85. The van der Waals surface area contributed by atoms with E-state index in [4.69, 9.17) is 9.47 Å². The zero-order valence-electron chi connectivity index (χ0n) is 19.9. The number of rotatable bonds is 8. The van der Waals surface area contributed by atoms with E-state index in [-0.39, 0.29) is 48.0 Å². The lowest BCUT2D eigenvalue weighted by Gasteiger charge is -2.15. The van der Waals surface area contributed by atoms with Crippen molar-refractivity contribution in [2.45, 2.75) is 20.3 Å². The Morgan fingerprint density at radius 2 is 1.78 bits per heavy atom. The molecule has 0 spiro atoms. The molecule has 1 N–H and O–H groups in total. The molecule has 5 rings (SSSR count). The first kappa shape index (κ1) is 24.5. The number of allylic oxidation sites excluding steroid dienone is 2. The van der Waals surface area contributed by atoms with Crippen molar-refractivity contribution >= 4 is 52.2 Å². The number of nitrogens with one attached hydrogen (secondary N) is 1. The zero-order chi connectivity index (χ0) is 25.4. The van der Waals surface area contributed by atoms with Crippen LogP contribution < -0.4 is 14.8 Å². The van der Waals surface area contributed by atoms with Gasteiger partial charge in [0.05, 0.1) is 28.2 Å². The van der Waals surface area contributed by atoms with Crippen LogP contribution in [0.2, 0.25) is 0 Å². The fraction of sp³-hybridized carbons (Fsp3) is 0.333. The van der Waals surface area contributed by atoms with Crippen molar-refractivity contribution in [1.82, 2.24) is 5.01 Å². The first-order valence-electron chi connectivity index (χ1n) is 11.9. The Balaban J connectivity index is 1.28. The number of carbonyl (C=O) groups is 3. The monoisotopic (exact) mass is 599 g/mol. The van der Waals surface area contributed by atoms with Gasteiger partial charge in [0.1, 0.15) is 0 Å². The molecule has 0 radical (unpaired) electrons. The highest BCUT2D eigenvalue weighted by atomic mass is 127. The van der Waals surface area contributed by atoms with Crippen LogP contribution in [-0.4, -0.2) is 42.2 Å². The molecular formula is C27H26IN3O5. The van der Waals surface area contributed by atoms with E-state index in [0.717, 1.165) is 17.0 Å². The van der Waals surface area contributed by atoms with Gasteiger partial charge in [0.15, 0.2) is 18.1 Å². The Morgan fingerprint density at radius 3 is 2.42 bits per heavy atom. The standard InChI is InChI=1S/C27H26IN3O5/c1-3-35-21-11-16(13-29-31-26(33)23-17-6-7-18(12-17)24(23)27(31)34)10-20(28)25(21)36-14-22(32)30-19-8-4-15(2)5-9-19/h4-11,13,17-18,23-24H,3,12,14H2,1-2H3,(H,30,32)/t17-,18-,23-,24+/m0/s1. The van der Waals surface area contributed by atoms with Crippen molar-refractivity contribution in [2.24, 2.45) is 28.8 Å². The summed E-state index contributed by atoms with van der Waals surface area (Å²) in [5.41, 5.74) is 2.45. The van der Waals surface area contributed by atoms with Crippen LogP contribution in [0.5, 0.6) is 11.5 Å². The molecule has 1 heterocycles. The van der Waals surface area contributed by atoms with E-state index in [1.54, 1.807) is 12.1 Å². The maximum atomic E-state index is 12.9. The summed E-state index contributed by atoms with van der Waals surface area (Å²) in [6.45, 7) is 4.04. The number of nitrogens with zero attached hydrogens (tertiary/aromatic N) is 2. The Kier molecular flexibility index (Phi) is 6.83. The molecule has 3 aliphatic rings. The molecule has 1 saturated heterocycles. The summed E-state index contributed by atoms with van der Waals surface area (Å²) in [5, 5.41) is 8.08. The van der Waals surface area contributed by atoms with Crippen molar-refractivity contribution in [2.75, 3.05) is 18.5 Å². The summed E-state index contributed by atoms with van der Waals surface area (Å²) < 4.78 is 12.3. The molecule has 3 amide bonds. The number of fused-ring (bicyclic) bond motifs is 5. The van der Waals surface area contributed by atoms with E-state index >= 15 is 0 Å². The second-order valence-corrected chi connectivity index (χ2v) is 10.4. The van der Waals surface area contributed by atoms with Gasteiger partial charge in [-0.05, 0) is 84.5 Å². The minimum atomic E-state index is -0.289. The highest BCUT2D eigenvalue weighted by Gasteiger charge is 2.59. The largest absolute Gasteiger partial charge is 0.490 e. The molecule has 2 aromatic carbocycles. The topological polar surface area (TPSA) is 97.3 Å². The normalized spacial score (nSPS) is 24.0. The number of imide groups is 1. The minimum Gasteiger partial charge on any atom is -0.490 e. The number of benzene rings is 2. The average molecular weight is 599 g/mol. The highest BCUT2D eigenvalue weighted by molar-refractivity contribution is 14.1. The maximum absolute atomic E-state index is 12.9. The third-order valence-electron chi connectivity index (χ3n) is 6.78. The van der Waals surface area contributed by atoms with E-state index in [2.05, 4.69) is 45.2 Å². The zero-order valence-corrected chi connectivity index (χ0v) is 22.1. The van der Waals surface area contributed by atoms with Crippen LogP contribution in [0, 0.1) is 34.2 Å². The molecule has 2 fully saturated rings. The number of halogens is 1. The quantitative estimate of drug-likeness (QED) is 0.213. The van der Waals surface area contributed by atoms with Crippen LogP contribution in [0.4, 0.5) is 5.69 Å². The van der Waals surface area contributed by atoms with Gasteiger partial charge in [0, 0.05) is 5.69 Å². The summed E-state index contributed by atoms with van der Waals surface area (Å²) in [7, 11) is 0. The molecule has 2 aromatic rings. The Hall–Kier alpha value is -3.21. The van der Waals surface area contributed by atoms with Gasteiger partial charge >= 0.3 is 0 Å². The van der Waals surface area contributed by atoms with Crippen molar-refractivity contribution in [3.63, 3.8) is 0 Å². The van der Waals surface area contributed by atoms with Crippen LogP contribution in [0.1, 0.15) is 24.5 Å². The maximum Gasteiger partial charge on any atom is 0.262 e. The molecule has 2 aliphatic carbocycles. The average Bonchev–Trinajstić information content (AvgIpc) is 3.53. The molecule has 8 nitrogen and oxygen atoms in total. The van der Waals surface area contributed by atoms with Gasteiger partial charge in [-0.1, -0.05) is 29.8 Å². The summed E-state index contributed by atoms with van der Waals surface area (Å²) in [6.07, 6.45) is 6.48. The van der Waals surface area contributed by atoms with Crippen molar-refractivity contribution < 1.29 is 23.9 Å². The molecule has 1 saturated carbocycles. The van der Waals surface area contributed by atoms with Gasteiger partial charge in [-0.3, -0.25) is 14.4 Å². The Morgan fingerprint density at radius 1 is 1.11 bits per heavy atom. The van der Waals surface area contributed by atoms with E-state index in [0.29, 0.717) is 32.9 Å². The summed E-state index contributed by atoms with van der Waals surface area (Å²) in [5.74, 6) is -0.135. The predicted molar refractivity (Wildman–Crippen MR) is 143 cm³/mol. The predicted octanol–water partition coefficient (Wildman–Crippen LogP) is 4.16. The van der Waals surface area contributed by atoms with Gasteiger partial charge in [0.25, 0.3) is 17.7 Å². The lowest BCUT2D eigenvalue weighted by Crippen LogP contribution is -2.28. The number of hydrogen-bond donors (Lipinski definition) is 1. The van der Waals surface area contributed by atoms with E-state index in [9.17, 15) is 14.4 Å². The minimum absolute atomic E-state index is 0.141. The molecular weight excluding hydrogens is 573 g/mol. The number of aryl methyl sites for hydroxylation is 1. The smallest absolute Gasteiger partial charge is 0.262 e. The Labute approximate surface area is 222 Å². The number of hydrogen-bond acceptors (Lipinski definition) is 6. The molecule has 2 bridgehead atoms. The van der Waals surface area contributed by atoms with Crippen molar-refractivity contribution in [3.05, 3.63) is 63.2 Å². The van der Waals surface area contributed by atoms with E-state index in [1.807, 2.05) is 38.1 Å². The van der Waals surface area contributed by atoms with Crippen molar-refractivity contribution in [1.29, 1.82) is 0 Å². The molecule has 186 valence electrons. The van der Waals surface area contributed by atoms with Gasteiger partial charge < -0.3 is 14.8 Å². The lowest BCUT2D eigenvalue weighted by molar-refractivity contribution is -0.140. The van der Waals surface area contributed by atoms with Crippen LogP contribution in [0.15, 0.2) is 53.7 Å². The van der Waals surface area contributed by atoms with E-state index < -0.39 is 0 Å². The second-order valence-electron chi connectivity index (χ2n) is 9.20. The molecule has 0 aromatic heterocycles. The molecule has 0 unspecified atom stereocenters. The van der Waals surface area contributed by atoms with Gasteiger partial charge in [-0.2, -0.15) is 10.1 Å². The molecule has 36 heavy (non-hydrogen) atoms. The molecule has 4 atom stereocenters. The van der Waals surface area contributed by atoms with Gasteiger partial charge in [0.2, 0.25) is 0 Å². The second kappa shape index (κ2) is 10.0. The van der Waals surface area contributed by atoms with Crippen LogP contribution in [0.3, 0.4) is 0 Å². The summed E-state index contributed by atoms with van der Waals surface area (Å²) >= 11 is 2.10. The number of hydrazone groups is 1. The van der Waals surface area contributed by atoms with E-state index in [1.165, 1.54) is 6.21 Å². The number of ether oxygens (including phenoxy) is 2. The summed E-state index contributed by atoms with van der Waals surface area (Å²) in [4.78, 5) is 38.1. The Bertz CT molecular complexity index is 1240. The first-order chi connectivity index (χ1) is 17.4. The number of amides is 3. The molecule has 9 heteroatoms. The van der Waals surface area contributed by atoms with Crippen molar-refractivity contribution in [3.8, 4) is 11.5 Å². The fourth-order valence-corrected chi connectivity index (χ4v) is 5.94. The van der Waals surface area contributed by atoms with Gasteiger partial charge in [-0.15, -0.1) is 0 Å². The van der Waals surface area contributed by atoms with Gasteiger partial charge in [-0.25, -0.2) is 0 Å². The molecule has 1 aliphatic heterocycles. The first-order valence-corrected chi connectivity index (χ1v) is 13.0. The highest BCUT2D eigenvalue weighted by Crippen LogP contribution is 2.52. The number of anilines is 1. The fourth-order valence-electron chi connectivity index (χ4n) is 5.16. The van der Waals surface area contributed by atoms with Crippen LogP contribution in [-0.2, 0) is 14.4 Å². The van der Waals surface area contributed by atoms with Crippen LogP contribution >= 0.6 is 22.6 Å². The number of carbonyl (C=O) groups excluding carboxylic acids is 3. The summed E-state index contributed by atoms with van der Waals surface area (Å²) in [6, 6.07) is 11.0. The van der Waals surface area contributed by atoms with Crippen LogP contribution in [0.25, 0.3) is 0 Å². The third-order valence-corrected chi connectivity index (χ3v) is 7.59.